The Bertz CT molecular complexity index is 794. The van der Waals surface area contributed by atoms with Gasteiger partial charge in [0, 0.05) is 21.1 Å². The molecule has 1 unspecified atom stereocenters. The second-order valence-corrected chi connectivity index (χ2v) is 6.30. The van der Waals surface area contributed by atoms with Crippen LogP contribution in [0.3, 0.4) is 0 Å². The molecule has 0 radical (unpaired) electrons. The van der Waals surface area contributed by atoms with Crippen LogP contribution in [0.1, 0.15) is 16.9 Å². The lowest BCUT2D eigenvalue weighted by atomic mass is 10.2. The van der Waals surface area contributed by atoms with Gasteiger partial charge in [0.2, 0.25) is 5.95 Å². The molecule has 1 aliphatic heterocycles. The van der Waals surface area contributed by atoms with Crippen molar-refractivity contribution < 1.29 is 0 Å². The van der Waals surface area contributed by atoms with Crippen molar-refractivity contribution in [1.82, 2.24) is 19.7 Å². The molecule has 0 amide bonds. The second-order valence-electron chi connectivity index (χ2n) is 4.56. The van der Waals surface area contributed by atoms with Crippen molar-refractivity contribution in [3.63, 3.8) is 0 Å². The Labute approximate surface area is 127 Å². The molecule has 0 aliphatic carbocycles. The van der Waals surface area contributed by atoms with Crippen molar-refractivity contribution in [2.75, 3.05) is 5.32 Å². The Balaban J connectivity index is 1.72. The summed E-state index contributed by atoms with van der Waals surface area (Å²) in [5, 5.41) is 10.9. The van der Waals surface area contributed by atoms with Crippen LogP contribution in [-0.4, -0.2) is 19.7 Å². The minimum atomic E-state index is 0.00689. The zero-order chi connectivity index (χ0) is 13.7. The van der Waals surface area contributed by atoms with Crippen LogP contribution in [0.2, 0.25) is 0 Å². The molecule has 7 heteroatoms. The monoisotopic (exact) mass is 347 g/mol. The van der Waals surface area contributed by atoms with Gasteiger partial charge in [0.25, 0.3) is 0 Å². The fourth-order valence-corrected chi connectivity index (χ4v) is 3.43. The summed E-state index contributed by atoms with van der Waals surface area (Å²) in [4.78, 5) is 8.99. The molecule has 4 rings (SSSR count). The van der Waals surface area contributed by atoms with E-state index in [4.69, 9.17) is 0 Å². The van der Waals surface area contributed by atoms with E-state index in [2.05, 4.69) is 36.3 Å². The van der Waals surface area contributed by atoms with Gasteiger partial charge in [-0.2, -0.15) is 4.98 Å². The molecule has 5 nitrogen and oxygen atoms in total. The maximum Gasteiger partial charge on any atom is 0.226 e. The van der Waals surface area contributed by atoms with E-state index in [-0.39, 0.29) is 6.17 Å². The fraction of sp³-hybridized carbons (Fsp3) is 0.154. The molecule has 1 aromatic carbocycles. The zero-order valence-electron chi connectivity index (χ0n) is 10.5. The predicted octanol–water partition coefficient (Wildman–Crippen LogP) is 3.44. The number of fused-ring (bicyclic) bond motifs is 1. The molecule has 100 valence electrons. The molecular weight excluding hydrogens is 338 g/mol. The molecule has 0 saturated heterocycles. The fourth-order valence-electron chi connectivity index (χ4n) is 2.14. The van der Waals surface area contributed by atoms with Crippen LogP contribution in [0, 0.1) is 6.92 Å². The highest BCUT2D eigenvalue weighted by Crippen LogP contribution is 2.35. The van der Waals surface area contributed by atoms with E-state index in [0.29, 0.717) is 0 Å². The first kappa shape index (κ1) is 12.0. The molecule has 0 saturated carbocycles. The Morgan fingerprint density at radius 2 is 2.15 bits per heavy atom. The van der Waals surface area contributed by atoms with Crippen LogP contribution in [0.4, 0.5) is 5.95 Å². The number of thiazole rings is 1. The number of hydrogen-bond acceptors (Lipinski definition) is 5. The van der Waals surface area contributed by atoms with E-state index < -0.39 is 0 Å². The van der Waals surface area contributed by atoms with Crippen LogP contribution in [0.5, 0.6) is 0 Å². The van der Waals surface area contributed by atoms with E-state index in [9.17, 15) is 0 Å². The van der Waals surface area contributed by atoms with E-state index >= 15 is 0 Å². The first-order chi connectivity index (χ1) is 9.72. The van der Waals surface area contributed by atoms with E-state index in [0.717, 1.165) is 32.5 Å². The highest BCUT2D eigenvalue weighted by atomic mass is 79.9. The van der Waals surface area contributed by atoms with Gasteiger partial charge in [-0.05, 0) is 19.1 Å². The van der Waals surface area contributed by atoms with Crippen LogP contribution in [0.25, 0.3) is 11.4 Å². The maximum absolute atomic E-state index is 4.57. The van der Waals surface area contributed by atoms with E-state index in [1.807, 2.05) is 41.3 Å². The molecule has 0 bridgehead atoms. The quantitative estimate of drug-likeness (QED) is 0.771. The van der Waals surface area contributed by atoms with Crippen molar-refractivity contribution in [3.8, 4) is 11.4 Å². The predicted molar refractivity (Wildman–Crippen MR) is 81.8 cm³/mol. The summed E-state index contributed by atoms with van der Waals surface area (Å²) in [6.07, 6.45) is 0.00689. The Morgan fingerprint density at radius 3 is 2.90 bits per heavy atom. The highest BCUT2D eigenvalue weighted by Gasteiger charge is 2.32. The van der Waals surface area contributed by atoms with Crippen LogP contribution in [-0.2, 0) is 0 Å². The molecule has 1 atom stereocenters. The number of benzene rings is 1. The lowest BCUT2D eigenvalue weighted by Crippen LogP contribution is -2.32. The van der Waals surface area contributed by atoms with Gasteiger partial charge in [-0.15, -0.1) is 16.4 Å². The number of nitrogens with one attached hydrogen (secondary N) is 1. The molecule has 2 aromatic heterocycles. The van der Waals surface area contributed by atoms with Gasteiger partial charge in [0.1, 0.15) is 5.01 Å². The normalized spacial score (nSPS) is 16.4. The minimum Gasteiger partial charge on any atom is -0.327 e. The SMILES string of the molecule is Cc1csc(C2Nc3nc(-c4ccccc4Br)nn32)n1. The molecule has 3 aromatic rings. The second kappa shape index (κ2) is 4.39. The average Bonchev–Trinajstić information content (AvgIpc) is 2.97. The number of nitrogens with zero attached hydrogens (tertiary/aromatic N) is 4. The summed E-state index contributed by atoms with van der Waals surface area (Å²) in [6, 6.07) is 7.95. The molecule has 0 fully saturated rings. The summed E-state index contributed by atoms with van der Waals surface area (Å²) in [5.74, 6) is 1.50. The third-order valence-corrected chi connectivity index (χ3v) is 4.83. The van der Waals surface area contributed by atoms with E-state index in [1.165, 1.54) is 0 Å². The average molecular weight is 348 g/mol. The lowest BCUT2D eigenvalue weighted by Gasteiger charge is -2.26. The maximum atomic E-state index is 4.57. The van der Waals surface area contributed by atoms with Crippen LogP contribution in [0.15, 0.2) is 34.1 Å². The van der Waals surface area contributed by atoms with Gasteiger partial charge in [-0.3, -0.25) is 0 Å². The zero-order valence-corrected chi connectivity index (χ0v) is 12.9. The largest absolute Gasteiger partial charge is 0.327 e. The Morgan fingerprint density at radius 1 is 1.30 bits per heavy atom. The number of anilines is 1. The smallest absolute Gasteiger partial charge is 0.226 e. The molecular formula is C13H10BrN5S. The lowest BCUT2D eigenvalue weighted by molar-refractivity contribution is 0.508. The molecule has 0 spiro atoms. The van der Waals surface area contributed by atoms with Gasteiger partial charge in [-0.25, -0.2) is 9.67 Å². The van der Waals surface area contributed by atoms with Gasteiger partial charge >= 0.3 is 0 Å². The van der Waals surface area contributed by atoms with Gasteiger partial charge in [0.05, 0.1) is 0 Å². The first-order valence-electron chi connectivity index (χ1n) is 6.12. The van der Waals surface area contributed by atoms with Gasteiger partial charge < -0.3 is 5.32 Å². The van der Waals surface area contributed by atoms with Crippen LogP contribution >= 0.6 is 27.3 Å². The number of aromatic nitrogens is 4. The third-order valence-electron chi connectivity index (χ3n) is 3.13. The highest BCUT2D eigenvalue weighted by molar-refractivity contribution is 9.10. The molecule has 1 aliphatic rings. The summed E-state index contributed by atoms with van der Waals surface area (Å²) < 4.78 is 2.87. The molecule has 1 N–H and O–H groups in total. The first-order valence-corrected chi connectivity index (χ1v) is 7.79. The van der Waals surface area contributed by atoms with Crippen LogP contribution < -0.4 is 5.32 Å². The van der Waals surface area contributed by atoms with Crippen molar-refractivity contribution in [2.45, 2.75) is 13.1 Å². The summed E-state index contributed by atoms with van der Waals surface area (Å²) in [6.45, 7) is 1.99. The number of rotatable bonds is 2. The number of hydrogen-bond donors (Lipinski definition) is 1. The Hall–Kier alpha value is -1.73. The summed E-state index contributed by atoms with van der Waals surface area (Å²) in [5.41, 5.74) is 2.02. The van der Waals surface area contributed by atoms with Gasteiger partial charge in [-0.1, -0.05) is 28.1 Å². The summed E-state index contributed by atoms with van der Waals surface area (Å²) in [7, 11) is 0. The van der Waals surface area contributed by atoms with Crippen molar-refractivity contribution in [3.05, 3.63) is 44.8 Å². The molecule has 20 heavy (non-hydrogen) atoms. The number of halogens is 1. The standard InChI is InChI=1S/C13H10BrN5S/c1-7-6-20-12(15-7)11-17-13-16-10(18-19(11)13)8-4-2-3-5-9(8)14/h2-6,11H,1H3,(H,16,17,18). The van der Waals surface area contributed by atoms with Gasteiger partial charge in [0.15, 0.2) is 12.0 Å². The summed E-state index contributed by atoms with van der Waals surface area (Å²) >= 11 is 5.16. The Kier molecular flexibility index (Phi) is 2.64. The minimum absolute atomic E-state index is 0.00689. The van der Waals surface area contributed by atoms with E-state index in [1.54, 1.807) is 11.3 Å². The van der Waals surface area contributed by atoms with Crippen molar-refractivity contribution in [2.24, 2.45) is 0 Å². The number of aryl methyl sites for hydroxylation is 1. The third kappa shape index (κ3) is 1.77. The topological polar surface area (TPSA) is 55.6 Å². The van der Waals surface area contributed by atoms with Crippen molar-refractivity contribution in [1.29, 1.82) is 0 Å². The van der Waals surface area contributed by atoms with Crippen molar-refractivity contribution >= 4 is 33.2 Å². The molecule has 3 heterocycles.